The third-order valence-corrected chi connectivity index (χ3v) is 2.84. The maximum Gasteiger partial charge on any atom is 0.208 e. The largest absolute Gasteiger partial charge is 0.302 e. The van der Waals surface area contributed by atoms with E-state index >= 15 is 0 Å². The summed E-state index contributed by atoms with van der Waals surface area (Å²) in [4.78, 5) is 6.68. The molecule has 0 saturated heterocycles. The Morgan fingerprint density at radius 1 is 1.57 bits per heavy atom. The average molecular weight is 210 g/mol. The first-order valence-electron chi connectivity index (χ1n) is 4.64. The van der Waals surface area contributed by atoms with E-state index < -0.39 is 0 Å². The van der Waals surface area contributed by atoms with Crippen molar-refractivity contribution in [2.45, 2.75) is 11.6 Å². The number of nitrogens with one attached hydrogen (secondary N) is 1. The van der Waals surface area contributed by atoms with Gasteiger partial charge in [0.1, 0.15) is 0 Å². The molecule has 0 spiro atoms. The van der Waals surface area contributed by atoms with Crippen LogP contribution in [0.15, 0.2) is 11.2 Å². The number of hydrogen-bond donors (Lipinski definition) is 1. The van der Waals surface area contributed by atoms with Crippen molar-refractivity contribution in [1.82, 2.24) is 20.1 Å². The van der Waals surface area contributed by atoms with Crippen LogP contribution in [0.25, 0.3) is 5.57 Å². The summed E-state index contributed by atoms with van der Waals surface area (Å²) in [5.41, 5.74) is 1.26. The van der Waals surface area contributed by atoms with Crippen molar-refractivity contribution in [3.63, 3.8) is 0 Å². The molecule has 14 heavy (non-hydrogen) atoms. The van der Waals surface area contributed by atoms with E-state index in [0.717, 1.165) is 30.5 Å². The summed E-state index contributed by atoms with van der Waals surface area (Å²) in [5, 5.41) is 7.89. The first kappa shape index (κ1) is 9.73. The Balaban J connectivity index is 2.18. The molecular weight excluding hydrogens is 196 g/mol. The summed E-state index contributed by atoms with van der Waals surface area (Å²) in [6, 6.07) is 0. The lowest BCUT2D eigenvalue weighted by Crippen LogP contribution is -2.25. The fourth-order valence-corrected chi connectivity index (χ4v) is 1.87. The van der Waals surface area contributed by atoms with Gasteiger partial charge in [-0.05, 0) is 19.7 Å². The van der Waals surface area contributed by atoms with Gasteiger partial charge < -0.3 is 4.90 Å². The molecule has 1 aromatic rings. The Kier molecular flexibility index (Phi) is 2.88. The van der Waals surface area contributed by atoms with Crippen LogP contribution in [0.2, 0.25) is 0 Å². The molecule has 0 amide bonds. The van der Waals surface area contributed by atoms with Gasteiger partial charge in [-0.2, -0.15) is 0 Å². The summed E-state index contributed by atoms with van der Waals surface area (Å²) in [6.45, 7) is 2.09. The Labute approximate surface area is 87.8 Å². The van der Waals surface area contributed by atoms with Crippen LogP contribution in [0.1, 0.15) is 12.2 Å². The first-order chi connectivity index (χ1) is 6.79. The maximum atomic E-state index is 4.39. The third-order valence-electron chi connectivity index (χ3n) is 2.29. The minimum atomic E-state index is 0.814. The second-order valence-corrected chi connectivity index (χ2v) is 4.20. The number of rotatable bonds is 2. The summed E-state index contributed by atoms with van der Waals surface area (Å²) in [6.07, 6.45) is 5.32. The molecule has 2 rings (SSSR count). The molecule has 76 valence electrons. The van der Waals surface area contributed by atoms with Crippen LogP contribution in [0.4, 0.5) is 0 Å². The van der Waals surface area contributed by atoms with Gasteiger partial charge in [0.2, 0.25) is 5.16 Å². The monoisotopic (exact) mass is 210 g/mol. The fourth-order valence-electron chi connectivity index (χ4n) is 1.55. The molecule has 1 aliphatic rings. The zero-order chi connectivity index (χ0) is 9.97. The highest BCUT2D eigenvalue weighted by atomic mass is 32.2. The van der Waals surface area contributed by atoms with E-state index in [9.17, 15) is 0 Å². The van der Waals surface area contributed by atoms with Gasteiger partial charge in [-0.1, -0.05) is 17.8 Å². The zero-order valence-electron chi connectivity index (χ0n) is 8.45. The van der Waals surface area contributed by atoms with E-state index in [-0.39, 0.29) is 0 Å². The minimum Gasteiger partial charge on any atom is -0.302 e. The fraction of sp³-hybridized carbons (Fsp3) is 0.556. The zero-order valence-corrected chi connectivity index (χ0v) is 9.27. The highest BCUT2D eigenvalue weighted by Gasteiger charge is 2.13. The van der Waals surface area contributed by atoms with Crippen LogP contribution in [-0.2, 0) is 0 Å². The molecule has 1 aromatic heterocycles. The molecule has 0 aliphatic carbocycles. The average Bonchev–Trinajstić information content (AvgIpc) is 2.66. The molecule has 0 bridgehead atoms. The maximum absolute atomic E-state index is 4.39. The summed E-state index contributed by atoms with van der Waals surface area (Å²) < 4.78 is 0. The highest BCUT2D eigenvalue weighted by Crippen LogP contribution is 2.18. The van der Waals surface area contributed by atoms with Gasteiger partial charge >= 0.3 is 0 Å². The SMILES string of the molecule is CSc1n[nH]c(C2=CCCN(C)C2)n1. The van der Waals surface area contributed by atoms with Crippen molar-refractivity contribution in [3.8, 4) is 0 Å². The Hall–Kier alpha value is -0.810. The smallest absolute Gasteiger partial charge is 0.208 e. The molecule has 0 aromatic carbocycles. The van der Waals surface area contributed by atoms with Gasteiger partial charge in [0.25, 0.3) is 0 Å². The molecule has 0 fully saturated rings. The number of likely N-dealkylation sites (N-methyl/N-ethyl adjacent to an activating group) is 1. The highest BCUT2D eigenvalue weighted by molar-refractivity contribution is 7.98. The molecule has 1 N–H and O–H groups in total. The van der Waals surface area contributed by atoms with Gasteiger partial charge in [-0.25, -0.2) is 4.98 Å². The van der Waals surface area contributed by atoms with Gasteiger partial charge in [0.15, 0.2) is 5.82 Å². The second-order valence-electron chi connectivity index (χ2n) is 3.43. The van der Waals surface area contributed by atoms with E-state index in [1.54, 1.807) is 11.8 Å². The topological polar surface area (TPSA) is 44.8 Å². The lowest BCUT2D eigenvalue weighted by Gasteiger charge is -2.21. The Morgan fingerprint density at radius 2 is 2.43 bits per heavy atom. The Bertz CT molecular complexity index is 344. The van der Waals surface area contributed by atoms with Crippen molar-refractivity contribution in [2.75, 3.05) is 26.4 Å². The number of aromatic nitrogens is 3. The predicted octanol–water partition coefficient (Wildman–Crippen LogP) is 1.25. The number of H-pyrrole nitrogens is 1. The molecular formula is C9H14N4S. The van der Waals surface area contributed by atoms with Gasteiger partial charge in [-0.15, -0.1) is 5.10 Å². The molecule has 0 atom stereocenters. The van der Waals surface area contributed by atoms with Crippen molar-refractivity contribution in [1.29, 1.82) is 0 Å². The standard InChI is InChI=1S/C9H14N4S/c1-13-5-3-4-7(6-13)8-10-9(14-2)12-11-8/h4H,3,5-6H2,1-2H3,(H,10,11,12). The van der Waals surface area contributed by atoms with Gasteiger partial charge in [0.05, 0.1) is 0 Å². The van der Waals surface area contributed by atoms with Crippen molar-refractivity contribution < 1.29 is 0 Å². The minimum absolute atomic E-state index is 0.814. The normalized spacial score (nSPS) is 18.3. The number of hydrogen-bond acceptors (Lipinski definition) is 4. The molecule has 2 heterocycles. The van der Waals surface area contributed by atoms with E-state index in [2.05, 4.69) is 33.2 Å². The molecule has 1 aliphatic heterocycles. The van der Waals surface area contributed by atoms with E-state index in [4.69, 9.17) is 0 Å². The lowest BCUT2D eigenvalue weighted by molar-refractivity contribution is 0.372. The van der Waals surface area contributed by atoms with Crippen LogP contribution in [0.3, 0.4) is 0 Å². The van der Waals surface area contributed by atoms with Crippen molar-refractivity contribution in [3.05, 3.63) is 11.9 Å². The van der Waals surface area contributed by atoms with Crippen LogP contribution >= 0.6 is 11.8 Å². The molecule has 0 saturated carbocycles. The summed E-state index contributed by atoms with van der Waals surface area (Å²) in [7, 11) is 2.12. The van der Waals surface area contributed by atoms with Crippen molar-refractivity contribution >= 4 is 17.3 Å². The van der Waals surface area contributed by atoms with E-state index in [1.807, 2.05) is 6.26 Å². The number of aromatic amines is 1. The molecule has 0 unspecified atom stereocenters. The predicted molar refractivity (Wildman–Crippen MR) is 58.3 cm³/mol. The number of thioether (sulfide) groups is 1. The van der Waals surface area contributed by atoms with Crippen LogP contribution in [-0.4, -0.2) is 46.5 Å². The quantitative estimate of drug-likeness (QED) is 0.746. The van der Waals surface area contributed by atoms with E-state index in [0.29, 0.717) is 0 Å². The number of nitrogens with zero attached hydrogens (tertiary/aromatic N) is 3. The van der Waals surface area contributed by atoms with Gasteiger partial charge in [0, 0.05) is 18.7 Å². The van der Waals surface area contributed by atoms with Crippen molar-refractivity contribution in [2.24, 2.45) is 0 Å². The third kappa shape index (κ3) is 1.99. The van der Waals surface area contributed by atoms with Crippen LogP contribution in [0.5, 0.6) is 0 Å². The second kappa shape index (κ2) is 4.14. The Morgan fingerprint density at radius 3 is 3.07 bits per heavy atom. The first-order valence-corrected chi connectivity index (χ1v) is 5.86. The summed E-state index contributed by atoms with van der Waals surface area (Å²) in [5.74, 6) is 0.918. The molecule has 5 heteroatoms. The lowest BCUT2D eigenvalue weighted by atomic mass is 10.1. The van der Waals surface area contributed by atoms with Crippen LogP contribution in [0, 0.1) is 0 Å². The molecule has 0 radical (unpaired) electrons. The molecule has 4 nitrogen and oxygen atoms in total. The van der Waals surface area contributed by atoms with Crippen LogP contribution < -0.4 is 0 Å². The van der Waals surface area contributed by atoms with Gasteiger partial charge in [-0.3, -0.25) is 5.10 Å². The summed E-state index contributed by atoms with van der Waals surface area (Å²) >= 11 is 1.56. The van der Waals surface area contributed by atoms with E-state index in [1.165, 1.54) is 5.57 Å².